The standard InChI is InChI=1S/C11H22F3NO/c1-9(2)15(8-11(12,13)14)7-5-4-6-10(3)16/h9-10,16H,4-8H2,1-3H3. The van der Waals surface area contributed by atoms with Gasteiger partial charge in [0.1, 0.15) is 0 Å². The Kier molecular flexibility index (Phi) is 6.99. The quantitative estimate of drug-likeness (QED) is 0.693. The Morgan fingerprint density at radius 3 is 2.06 bits per heavy atom. The van der Waals surface area contributed by atoms with E-state index in [2.05, 4.69) is 0 Å². The SMILES string of the molecule is CC(O)CCCCN(CC(F)(F)F)C(C)C. The third-order valence-electron chi connectivity index (χ3n) is 2.43. The Hall–Kier alpha value is -0.290. The van der Waals surface area contributed by atoms with Crippen LogP contribution >= 0.6 is 0 Å². The molecule has 0 aromatic carbocycles. The predicted molar refractivity (Wildman–Crippen MR) is 58.3 cm³/mol. The second kappa shape index (κ2) is 7.12. The van der Waals surface area contributed by atoms with Crippen molar-refractivity contribution in [2.45, 2.75) is 58.4 Å². The van der Waals surface area contributed by atoms with Crippen molar-refractivity contribution >= 4 is 0 Å². The fraction of sp³-hybridized carbons (Fsp3) is 1.00. The molecule has 98 valence electrons. The van der Waals surface area contributed by atoms with Gasteiger partial charge in [-0.3, -0.25) is 4.90 Å². The zero-order valence-corrected chi connectivity index (χ0v) is 10.2. The monoisotopic (exact) mass is 241 g/mol. The van der Waals surface area contributed by atoms with Crippen LogP contribution < -0.4 is 0 Å². The van der Waals surface area contributed by atoms with Gasteiger partial charge in [0.25, 0.3) is 0 Å². The first-order valence-corrected chi connectivity index (χ1v) is 5.71. The van der Waals surface area contributed by atoms with E-state index >= 15 is 0 Å². The van der Waals surface area contributed by atoms with Gasteiger partial charge in [-0.25, -0.2) is 0 Å². The molecule has 0 fully saturated rings. The van der Waals surface area contributed by atoms with E-state index in [0.717, 1.165) is 6.42 Å². The fourth-order valence-electron chi connectivity index (χ4n) is 1.50. The molecule has 1 atom stereocenters. The van der Waals surface area contributed by atoms with Gasteiger partial charge in [-0.1, -0.05) is 0 Å². The third kappa shape index (κ3) is 8.97. The Morgan fingerprint density at radius 2 is 1.69 bits per heavy atom. The van der Waals surface area contributed by atoms with Crippen LogP contribution in [0.15, 0.2) is 0 Å². The van der Waals surface area contributed by atoms with E-state index in [4.69, 9.17) is 5.11 Å². The highest BCUT2D eigenvalue weighted by Crippen LogP contribution is 2.18. The molecule has 0 saturated heterocycles. The summed E-state index contributed by atoms with van der Waals surface area (Å²) in [4.78, 5) is 1.42. The fourth-order valence-corrected chi connectivity index (χ4v) is 1.50. The summed E-state index contributed by atoms with van der Waals surface area (Å²) in [6.45, 7) is 4.81. The summed E-state index contributed by atoms with van der Waals surface area (Å²) in [6.07, 6.45) is -2.39. The molecule has 5 heteroatoms. The molecule has 0 radical (unpaired) electrons. The lowest BCUT2D eigenvalue weighted by atomic mass is 10.1. The number of aliphatic hydroxyl groups excluding tert-OH is 1. The molecule has 0 rings (SSSR count). The number of aliphatic hydroxyl groups is 1. The van der Waals surface area contributed by atoms with Gasteiger partial charge in [0.2, 0.25) is 0 Å². The van der Waals surface area contributed by atoms with E-state index in [0.29, 0.717) is 19.4 Å². The molecule has 2 nitrogen and oxygen atoms in total. The van der Waals surface area contributed by atoms with Crippen LogP contribution in [0, 0.1) is 0 Å². The van der Waals surface area contributed by atoms with Crippen LogP contribution in [0.1, 0.15) is 40.0 Å². The van der Waals surface area contributed by atoms with Crippen LogP contribution in [0.4, 0.5) is 13.2 Å². The van der Waals surface area contributed by atoms with Crippen LogP contribution in [0.3, 0.4) is 0 Å². The molecule has 0 heterocycles. The number of nitrogens with zero attached hydrogens (tertiary/aromatic N) is 1. The van der Waals surface area contributed by atoms with Crippen molar-refractivity contribution in [3.05, 3.63) is 0 Å². The molecule has 0 bridgehead atoms. The normalized spacial score (nSPS) is 14.8. The summed E-state index contributed by atoms with van der Waals surface area (Å²) in [5, 5.41) is 9.02. The smallest absolute Gasteiger partial charge is 0.393 e. The predicted octanol–water partition coefficient (Wildman–Crippen LogP) is 2.81. The minimum absolute atomic E-state index is 0.104. The van der Waals surface area contributed by atoms with Crippen molar-refractivity contribution < 1.29 is 18.3 Å². The van der Waals surface area contributed by atoms with Gasteiger partial charge in [-0.05, 0) is 46.6 Å². The number of rotatable bonds is 7. The van der Waals surface area contributed by atoms with Gasteiger partial charge in [-0.15, -0.1) is 0 Å². The minimum atomic E-state index is -4.13. The largest absolute Gasteiger partial charge is 0.401 e. The van der Waals surface area contributed by atoms with E-state index in [1.807, 2.05) is 0 Å². The molecule has 16 heavy (non-hydrogen) atoms. The first-order valence-electron chi connectivity index (χ1n) is 5.71. The Labute approximate surface area is 95.4 Å². The third-order valence-corrected chi connectivity index (χ3v) is 2.43. The highest BCUT2D eigenvalue weighted by Gasteiger charge is 2.31. The van der Waals surface area contributed by atoms with Gasteiger partial charge in [0.05, 0.1) is 12.6 Å². The first-order chi connectivity index (χ1) is 7.22. The topological polar surface area (TPSA) is 23.5 Å². The molecular weight excluding hydrogens is 219 g/mol. The van der Waals surface area contributed by atoms with Crippen LogP contribution in [-0.4, -0.2) is 41.4 Å². The van der Waals surface area contributed by atoms with Crippen molar-refractivity contribution in [1.82, 2.24) is 4.90 Å². The molecule has 0 aliphatic heterocycles. The van der Waals surface area contributed by atoms with Gasteiger partial charge < -0.3 is 5.11 Å². The van der Waals surface area contributed by atoms with Gasteiger partial charge in [-0.2, -0.15) is 13.2 Å². The van der Waals surface area contributed by atoms with E-state index in [9.17, 15) is 13.2 Å². The van der Waals surface area contributed by atoms with Crippen molar-refractivity contribution in [2.24, 2.45) is 0 Å². The highest BCUT2D eigenvalue weighted by molar-refractivity contribution is 4.67. The summed E-state index contributed by atoms with van der Waals surface area (Å²) >= 11 is 0. The maximum Gasteiger partial charge on any atom is 0.401 e. The number of unbranched alkanes of at least 4 members (excludes halogenated alkanes) is 1. The lowest BCUT2D eigenvalue weighted by Gasteiger charge is -2.27. The van der Waals surface area contributed by atoms with Gasteiger partial charge in [0, 0.05) is 6.04 Å². The Balaban J connectivity index is 3.87. The number of halogens is 3. The Morgan fingerprint density at radius 1 is 1.12 bits per heavy atom. The molecule has 1 N–H and O–H groups in total. The van der Waals surface area contributed by atoms with Gasteiger partial charge >= 0.3 is 6.18 Å². The Bertz CT molecular complexity index is 181. The second-order valence-electron chi connectivity index (χ2n) is 4.52. The maximum absolute atomic E-state index is 12.2. The minimum Gasteiger partial charge on any atom is -0.393 e. The summed E-state index contributed by atoms with van der Waals surface area (Å²) in [7, 11) is 0. The second-order valence-corrected chi connectivity index (χ2v) is 4.52. The molecular formula is C11H22F3NO. The van der Waals surface area contributed by atoms with E-state index in [1.54, 1.807) is 20.8 Å². The number of hydrogen-bond acceptors (Lipinski definition) is 2. The van der Waals surface area contributed by atoms with Crippen LogP contribution in [-0.2, 0) is 0 Å². The molecule has 0 saturated carbocycles. The highest BCUT2D eigenvalue weighted by atomic mass is 19.4. The van der Waals surface area contributed by atoms with E-state index in [-0.39, 0.29) is 12.1 Å². The molecule has 0 amide bonds. The number of alkyl halides is 3. The van der Waals surface area contributed by atoms with Gasteiger partial charge in [0.15, 0.2) is 0 Å². The molecule has 0 aromatic rings. The molecule has 0 aliphatic rings. The average molecular weight is 241 g/mol. The zero-order valence-electron chi connectivity index (χ0n) is 10.2. The van der Waals surface area contributed by atoms with E-state index < -0.39 is 12.7 Å². The van der Waals surface area contributed by atoms with Crippen LogP contribution in [0.25, 0.3) is 0 Å². The van der Waals surface area contributed by atoms with E-state index in [1.165, 1.54) is 4.90 Å². The first kappa shape index (κ1) is 15.7. The molecule has 0 aliphatic carbocycles. The van der Waals surface area contributed by atoms with Crippen molar-refractivity contribution in [1.29, 1.82) is 0 Å². The summed E-state index contributed by atoms with van der Waals surface area (Å²) in [6, 6.07) is -0.104. The van der Waals surface area contributed by atoms with Crippen LogP contribution in [0.2, 0.25) is 0 Å². The summed E-state index contributed by atoms with van der Waals surface area (Å²) in [5.74, 6) is 0. The molecule has 1 unspecified atom stereocenters. The molecule has 0 spiro atoms. The maximum atomic E-state index is 12.2. The van der Waals surface area contributed by atoms with Crippen molar-refractivity contribution in [3.8, 4) is 0 Å². The molecule has 0 aromatic heterocycles. The van der Waals surface area contributed by atoms with Crippen molar-refractivity contribution in [3.63, 3.8) is 0 Å². The summed E-state index contributed by atoms with van der Waals surface area (Å²) in [5.41, 5.74) is 0. The summed E-state index contributed by atoms with van der Waals surface area (Å²) < 4.78 is 36.7. The lowest BCUT2D eigenvalue weighted by Crippen LogP contribution is -2.39. The number of hydrogen-bond donors (Lipinski definition) is 1. The van der Waals surface area contributed by atoms with Crippen LogP contribution in [0.5, 0.6) is 0 Å². The zero-order chi connectivity index (χ0) is 12.8. The average Bonchev–Trinajstić information content (AvgIpc) is 2.07. The van der Waals surface area contributed by atoms with Crippen molar-refractivity contribution in [2.75, 3.05) is 13.1 Å². The lowest BCUT2D eigenvalue weighted by molar-refractivity contribution is -0.149.